The number of pyridine rings is 1. The van der Waals surface area contributed by atoms with Gasteiger partial charge in [-0.05, 0) is 31.4 Å². The van der Waals surface area contributed by atoms with Crippen molar-refractivity contribution < 1.29 is 0 Å². The van der Waals surface area contributed by atoms with Crippen molar-refractivity contribution >= 4 is 0 Å². The lowest BCUT2D eigenvalue weighted by Gasteiger charge is -2.31. The molecule has 2 rings (SSSR count). The zero-order valence-corrected chi connectivity index (χ0v) is 10.0. The van der Waals surface area contributed by atoms with Gasteiger partial charge in [0, 0.05) is 37.4 Å². The van der Waals surface area contributed by atoms with Crippen LogP contribution >= 0.6 is 0 Å². The van der Waals surface area contributed by atoms with Crippen LogP contribution in [0.5, 0.6) is 0 Å². The molecule has 0 radical (unpaired) electrons. The molecule has 0 aromatic carbocycles. The van der Waals surface area contributed by atoms with E-state index >= 15 is 0 Å². The molecule has 0 unspecified atom stereocenters. The maximum atomic E-state index is 4.45. The molecule has 1 saturated heterocycles. The second-order valence-electron chi connectivity index (χ2n) is 4.42. The standard InChI is InChI=1S/C13H21N3/c1-2-8-15-16-10-6-12(7-11-16)13-5-3-4-9-14-13/h3-5,9,12,15H,2,6-8,10-11H2,1H3. The maximum Gasteiger partial charge on any atom is 0.0435 e. The van der Waals surface area contributed by atoms with Crippen LogP contribution in [0.25, 0.3) is 0 Å². The Balaban J connectivity index is 1.81. The van der Waals surface area contributed by atoms with E-state index in [4.69, 9.17) is 0 Å². The van der Waals surface area contributed by atoms with Gasteiger partial charge in [-0.2, -0.15) is 0 Å². The maximum absolute atomic E-state index is 4.45. The van der Waals surface area contributed by atoms with Crippen LogP contribution in [-0.4, -0.2) is 29.6 Å². The Morgan fingerprint density at radius 3 is 2.81 bits per heavy atom. The Kier molecular flexibility index (Phi) is 4.31. The van der Waals surface area contributed by atoms with Gasteiger partial charge in [-0.25, -0.2) is 5.01 Å². The van der Waals surface area contributed by atoms with Gasteiger partial charge in [-0.3, -0.25) is 10.4 Å². The van der Waals surface area contributed by atoms with Crippen LogP contribution < -0.4 is 5.43 Å². The third-order valence-electron chi connectivity index (χ3n) is 3.19. The first kappa shape index (κ1) is 11.6. The van der Waals surface area contributed by atoms with Crippen molar-refractivity contribution in [3.8, 4) is 0 Å². The van der Waals surface area contributed by atoms with Gasteiger partial charge in [-0.15, -0.1) is 0 Å². The quantitative estimate of drug-likeness (QED) is 0.841. The van der Waals surface area contributed by atoms with Crippen LogP contribution in [0.1, 0.15) is 37.8 Å². The zero-order valence-electron chi connectivity index (χ0n) is 10.0. The molecule has 0 atom stereocenters. The van der Waals surface area contributed by atoms with Crippen molar-refractivity contribution in [1.82, 2.24) is 15.4 Å². The number of hydrazine groups is 1. The van der Waals surface area contributed by atoms with Crippen molar-refractivity contribution in [3.05, 3.63) is 30.1 Å². The van der Waals surface area contributed by atoms with E-state index in [0.29, 0.717) is 5.92 Å². The number of aromatic nitrogens is 1. The van der Waals surface area contributed by atoms with Gasteiger partial charge >= 0.3 is 0 Å². The smallest absolute Gasteiger partial charge is 0.0435 e. The Hall–Kier alpha value is -0.930. The molecule has 0 bridgehead atoms. The molecule has 1 aliphatic rings. The van der Waals surface area contributed by atoms with Crippen molar-refractivity contribution in [3.63, 3.8) is 0 Å². The summed E-state index contributed by atoms with van der Waals surface area (Å²) < 4.78 is 0. The number of hydrogen-bond donors (Lipinski definition) is 1. The summed E-state index contributed by atoms with van der Waals surface area (Å²) in [5.74, 6) is 0.654. The van der Waals surface area contributed by atoms with Crippen LogP contribution in [0.15, 0.2) is 24.4 Å². The monoisotopic (exact) mass is 219 g/mol. The van der Waals surface area contributed by atoms with Gasteiger partial charge in [0.15, 0.2) is 0 Å². The van der Waals surface area contributed by atoms with E-state index in [0.717, 1.165) is 19.6 Å². The Morgan fingerprint density at radius 2 is 2.19 bits per heavy atom. The molecule has 2 heterocycles. The fraction of sp³-hybridized carbons (Fsp3) is 0.615. The summed E-state index contributed by atoms with van der Waals surface area (Å²) in [4.78, 5) is 4.45. The first-order valence-electron chi connectivity index (χ1n) is 6.29. The van der Waals surface area contributed by atoms with Crippen LogP contribution in [0.4, 0.5) is 0 Å². The first-order valence-corrected chi connectivity index (χ1v) is 6.29. The van der Waals surface area contributed by atoms with Crippen molar-refractivity contribution in [2.45, 2.75) is 32.1 Å². The molecule has 0 amide bonds. The van der Waals surface area contributed by atoms with E-state index in [1.807, 2.05) is 12.3 Å². The van der Waals surface area contributed by atoms with Crippen molar-refractivity contribution in [2.75, 3.05) is 19.6 Å². The highest BCUT2D eigenvalue weighted by atomic mass is 15.5. The Morgan fingerprint density at radius 1 is 1.38 bits per heavy atom. The van der Waals surface area contributed by atoms with Gasteiger partial charge in [0.2, 0.25) is 0 Å². The highest BCUT2D eigenvalue weighted by Crippen LogP contribution is 2.25. The normalized spacial score (nSPS) is 18.8. The Labute approximate surface area is 97.8 Å². The van der Waals surface area contributed by atoms with Gasteiger partial charge < -0.3 is 0 Å². The summed E-state index contributed by atoms with van der Waals surface area (Å²) in [6.45, 7) is 5.57. The summed E-state index contributed by atoms with van der Waals surface area (Å²) in [5.41, 5.74) is 4.72. The van der Waals surface area contributed by atoms with Gasteiger partial charge in [0.05, 0.1) is 0 Å². The molecule has 0 saturated carbocycles. The van der Waals surface area contributed by atoms with E-state index in [1.54, 1.807) is 0 Å². The molecule has 1 aliphatic heterocycles. The molecule has 16 heavy (non-hydrogen) atoms. The predicted molar refractivity (Wildman–Crippen MR) is 66.1 cm³/mol. The average molecular weight is 219 g/mol. The number of piperidine rings is 1. The average Bonchev–Trinajstić information content (AvgIpc) is 2.38. The van der Waals surface area contributed by atoms with E-state index in [-0.39, 0.29) is 0 Å². The largest absolute Gasteiger partial charge is 0.261 e. The third-order valence-corrected chi connectivity index (χ3v) is 3.19. The highest BCUT2D eigenvalue weighted by Gasteiger charge is 2.20. The van der Waals surface area contributed by atoms with Gasteiger partial charge in [0.25, 0.3) is 0 Å². The van der Waals surface area contributed by atoms with Crippen LogP contribution in [0.3, 0.4) is 0 Å². The topological polar surface area (TPSA) is 28.2 Å². The number of nitrogens with one attached hydrogen (secondary N) is 1. The molecule has 88 valence electrons. The van der Waals surface area contributed by atoms with E-state index in [1.165, 1.54) is 25.0 Å². The molecule has 3 nitrogen and oxygen atoms in total. The molecular weight excluding hydrogens is 198 g/mol. The molecule has 1 fully saturated rings. The third kappa shape index (κ3) is 3.03. The van der Waals surface area contributed by atoms with Crippen LogP contribution in [0, 0.1) is 0 Å². The second kappa shape index (κ2) is 5.97. The molecule has 1 aromatic heterocycles. The fourth-order valence-electron chi connectivity index (χ4n) is 2.22. The lowest BCUT2D eigenvalue weighted by atomic mass is 9.94. The molecular formula is C13H21N3. The summed E-state index contributed by atoms with van der Waals surface area (Å²) in [5, 5.41) is 2.35. The van der Waals surface area contributed by atoms with Crippen LogP contribution in [-0.2, 0) is 0 Å². The fourth-order valence-corrected chi connectivity index (χ4v) is 2.22. The Bertz CT molecular complexity index is 291. The minimum atomic E-state index is 0.654. The summed E-state index contributed by atoms with van der Waals surface area (Å²) >= 11 is 0. The first-order chi connectivity index (χ1) is 7.90. The molecule has 3 heteroatoms. The predicted octanol–water partition coefficient (Wildman–Crippen LogP) is 2.18. The molecule has 1 N–H and O–H groups in total. The van der Waals surface area contributed by atoms with E-state index < -0.39 is 0 Å². The summed E-state index contributed by atoms with van der Waals surface area (Å²) in [6, 6.07) is 6.23. The SMILES string of the molecule is CCCNN1CCC(c2ccccn2)CC1. The van der Waals surface area contributed by atoms with Gasteiger partial charge in [0.1, 0.15) is 0 Å². The number of hydrogen-bond acceptors (Lipinski definition) is 3. The molecule has 1 aromatic rings. The minimum Gasteiger partial charge on any atom is -0.261 e. The highest BCUT2D eigenvalue weighted by molar-refractivity contribution is 5.10. The van der Waals surface area contributed by atoms with Crippen LogP contribution in [0.2, 0.25) is 0 Å². The lowest BCUT2D eigenvalue weighted by Crippen LogP contribution is -2.43. The van der Waals surface area contributed by atoms with Gasteiger partial charge in [-0.1, -0.05) is 13.0 Å². The number of rotatable bonds is 4. The lowest BCUT2D eigenvalue weighted by molar-refractivity contribution is 0.143. The second-order valence-corrected chi connectivity index (χ2v) is 4.42. The molecule has 0 spiro atoms. The van der Waals surface area contributed by atoms with Crippen molar-refractivity contribution in [1.29, 1.82) is 0 Å². The molecule has 0 aliphatic carbocycles. The number of nitrogens with zero attached hydrogens (tertiary/aromatic N) is 2. The minimum absolute atomic E-state index is 0.654. The summed E-state index contributed by atoms with van der Waals surface area (Å²) in [7, 11) is 0. The van der Waals surface area contributed by atoms with Crippen molar-refractivity contribution in [2.24, 2.45) is 0 Å². The zero-order chi connectivity index (χ0) is 11.2. The van der Waals surface area contributed by atoms with E-state index in [2.05, 4.69) is 34.5 Å². The van der Waals surface area contributed by atoms with E-state index in [9.17, 15) is 0 Å². The summed E-state index contributed by atoms with van der Waals surface area (Å²) in [6.07, 6.45) is 5.53.